The van der Waals surface area contributed by atoms with Crippen LogP contribution in [0.15, 0.2) is 89.3 Å². The number of carbonyl (C=O) groups is 1. The van der Waals surface area contributed by atoms with E-state index in [1.54, 1.807) is 0 Å². The summed E-state index contributed by atoms with van der Waals surface area (Å²) in [6.07, 6.45) is 0. The molecule has 0 atom stereocenters. The van der Waals surface area contributed by atoms with Crippen LogP contribution >= 0.6 is 0 Å². The first kappa shape index (κ1) is 14.5. The molecule has 6 rings (SSSR count). The molecule has 0 spiro atoms. The maximum absolute atomic E-state index is 12.9. The first-order valence-corrected chi connectivity index (χ1v) is 9.00. The van der Waals surface area contributed by atoms with Gasteiger partial charge in [0, 0.05) is 21.9 Å². The lowest BCUT2D eigenvalue weighted by molar-refractivity contribution is 0.104. The Morgan fingerprint density at radius 3 is 2.19 bits per heavy atom. The first-order valence-electron chi connectivity index (χ1n) is 9.00. The summed E-state index contributed by atoms with van der Waals surface area (Å²) in [6.45, 7) is 0. The summed E-state index contributed by atoms with van der Waals surface area (Å²) in [6, 6.07) is 28.2. The molecule has 0 radical (unpaired) electrons. The van der Waals surface area contributed by atoms with Gasteiger partial charge in [0.1, 0.15) is 11.2 Å². The van der Waals surface area contributed by atoms with E-state index >= 15 is 0 Å². The van der Waals surface area contributed by atoms with Crippen molar-refractivity contribution in [1.29, 1.82) is 0 Å². The number of hydrogen-bond donors (Lipinski definition) is 0. The van der Waals surface area contributed by atoms with Gasteiger partial charge in [0.2, 0.25) is 0 Å². The Labute approximate surface area is 155 Å². The number of para-hydroxylation sites is 1. The summed E-state index contributed by atoms with van der Waals surface area (Å²) in [4.78, 5) is 12.9. The van der Waals surface area contributed by atoms with Crippen LogP contribution in [-0.4, -0.2) is 5.78 Å². The van der Waals surface area contributed by atoms with Gasteiger partial charge in [0.25, 0.3) is 0 Å². The molecule has 126 valence electrons. The number of benzene rings is 4. The second kappa shape index (κ2) is 5.18. The molecular weight excluding hydrogens is 332 g/mol. The fourth-order valence-electron chi connectivity index (χ4n) is 4.21. The van der Waals surface area contributed by atoms with Crippen molar-refractivity contribution >= 4 is 27.7 Å². The SMILES string of the molecule is O=C1c2ccccc2-c2ccc(-c3cccc4oc5ccccc5c34)cc21. The molecule has 27 heavy (non-hydrogen) atoms. The zero-order chi connectivity index (χ0) is 18.0. The van der Waals surface area contributed by atoms with Gasteiger partial charge in [-0.25, -0.2) is 0 Å². The van der Waals surface area contributed by atoms with E-state index in [2.05, 4.69) is 24.3 Å². The molecule has 1 aromatic heterocycles. The molecule has 2 nitrogen and oxygen atoms in total. The lowest BCUT2D eigenvalue weighted by Gasteiger charge is -2.07. The van der Waals surface area contributed by atoms with Crippen LogP contribution in [0.3, 0.4) is 0 Å². The van der Waals surface area contributed by atoms with Gasteiger partial charge in [-0.2, -0.15) is 0 Å². The fourth-order valence-corrected chi connectivity index (χ4v) is 4.21. The molecule has 0 bridgehead atoms. The molecule has 0 saturated heterocycles. The van der Waals surface area contributed by atoms with Gasteiger partial charge in [-0.3, -0.25) is 4.79 Å². The third kappa shape index (κ3) is 1.92. The van der Waals surface area contributed by atoms with Gasteiger partial charge in [-0.1, -0.05) is 66.7 Å². The van der Waals surface area contributed by atoms with Crippen molar-refractivity contribution in [3.8, 4) is 22.3 Å². The number of furan rings is 1. The van der Waals surface area contributed by atoms with Crippen molar-refractivity contribution < 1.29 is 9.21 Å². The van der Waals surface area contributed by atoms with Gasteiger partial charge in [0.15, 0.2) is 5.78 Å². The number of ketones is 1. The highest BCUT2D eigenvalue weighted by Gasteiger charge is 2.26. The highest BCUT2D eigenvalue weighted by atomic mass is 16.3. The van der Waals surface area contributed by atoms with E-state index in [1.807, 2.05) is 60.7 Å². The second-order valence-electron chi connectivity index (χ2n) is 6.91. The third-order valence-corrected chi connectivity index (χ3v) is 5.44. The van der Waals surface area contributed by atoms with Crippen molar-refractivity contribution in [3.05, 3.63) is 96.1 Å². The Balaban J connectivity index is 1.63. The first-order chi connectivity index (χ1) is 13.3. The van der Waals surface area contributed by atoms with Crippen LogP contribution < -0.4 is 0 Å². The maximum atomic E-state index is 12.9. The minimum Gasteiger partial charge on any atom is -0.456 e. The van der Waals surface area contributed by atoms with Gasteiger partial charge in [-0.15, -0.1) is 0 Å². The van der Waals surface area contributed by atoms with Crippen molar-refractivity contribution in [2.24, 2.45) is 0 Å². The summed E-state index contributed by atoms with van der Waals surface area (Å²) >= 11 is 0. The molecule has 0 aliphatic heterocycles. The third-order valence-electron chi connectivity index (χ3n) is 5.44. The average molecular weight is 346 g/mol. The molecule has 0 N–H and O–H groups in total. The Morgan fingerprint density at radius 1 is 0.556 bits per heavy atom. The van der Waals surface area contributed by atoms with Crippen LogP contribution in [0, 0.1) is 0 Å². The quantitative estimate of drug-likeness (QED) is 0.342. The molecular formula is C25H14O2. The summed E-state index contributed by atoms with van der Waals surface area (Å²) in [5, 5.41) is 2.19. The Kier molecular flexibility index (Phi) is 2.78. The Hall–Kier alpha value is -3.65. The highest BCUT2D eigenvalue weighted by molar-refractivity contribution is 6.22. The zero-order valence-corrected chi connectivity index (χ0v) is 14.4. The molecule has 1 aliphatic carbocycles. The topological polar surface area (TPSA) is 30.2 Å². The average Bonchev–Trinajstić information content (AvgIpc) is 3.24. The fraction of sp³-hybridized carbons (Fsp3) is 0. The normalized spacial score (nSPS) is 12.5. The zero-order valence-electron chi connectivity index (χ0n) is 14.4. The number of rotatable bonds is 1. The molecule has 0 unspecified atom stereocenters. The van der Waals surface area contributed by atoms with Crippen LogP contribution in [0.5, 0.6) is 0 Å². The molecule has 0 saturated carbocycles. The molecule has 1 aliphatic rings. The van der Waals surface area contributed by atoms with Crippen molar-refractivity contribution in [3.63, 3.8) is 0 Å². The van der Waals surface area contributed by atoms with E-state index in [0.29, 0.717) is 0 Å². The predicted molar refractivity (Wildman–Crippen MR) is 108 cm³/mol. The lowest BCUT2D eigenvalue weighted by atomic mass is 9.95. The van der Waals surface area contributed by atoms with Crippen molar-refractivity contribution in [2.75, 3.05) is 0 Å². The predicted octanol–water partition coefficient (Wildman–Crippen LogP) is 6.46. The Morgan fingerprint density at radius 2 is 1.26 bits per heavy atom. The molecule has 2 heteroatoms. The summed E-state index contributed by atoms with van der Waals surface area (Å²) < 4.78 is 6.01. The van der Waals surface area contributed by atoms with E-state index in [4.69, 9.17) is 4.42 Å². The number of fused-ring (bicyclic) bond motifs is 6. The summed E-state index contributed by atoms with van der Waals surface area (Å²) in [7, 11) is 0. The standard InChI is InChI=1S/C25H14O2/c26-25-19-7-2-1-6-17(19)18-13-12-15(14-21(18)25)16-9-5-11-23-24(16)20-8-3-4-10-22(20)27-23/h1-14H. The van der Waals surface area contributed by atoms with Gasteiger partial charge >= 0.3 is 0 Å². The van der Waals surface area contributed by atoms with Gasteiger partial charge in [-0.05, 0) is 40.5 Å². The molecule has 0 fully saturated rings. The summed E-state index contributed by atoms with van der Waals surface area (Å²) in [5.41, 5.74) is 7.47. The highest BCUT2D eigenvalue weighted by Crippen LogP contribution is 2.41. The molecule has 1 heterocycles. The number of carbonyl (C=O) groups excluding carboxylic acids is 1. The molecule has 5 aromatic rings. The van der Waals surface area contributed by atoms with E-state index in [0.717, 1.165) is 55.3 Å². The molecule has 4 aromatic carbocycles. The van der Waals surface area contributed by atoms with Crippen LogP contribution in [-0.2, 0) is 0 Å². The van der Waals surface area contributed by atoms with Crippen molar-refractivity contribution in [1.82, 2.24) is 0 Å². The van der Waals surface area contributed by atoms with Crippen molar-refractivity contribution in [2.45, 2.75) is 0 Å². The Bertz CT molecular complexity index is 1390. The molecule has 0 amide bonds. The van der Waals surface area contributed by atoms with Crippen LogP contribution in [0.25, 0.3) is 44.2 Å². The van der Waals surface area contributed by atoms with E-state index in [1.165, 1.54) is 0 Å². The maximum Gasteiger partial charge on any atom is 0.194 e. The monoisotopic (exact) mass is 346 g/mol. The van der Waals surface area contributed by atoms with Gasteiger partial charge < -0.3 is 4.42 Å². The largest absolute Gasteiger partial charge is 0.456 e. The van der Waals surface area contributed by atoms with E-state index in [9.17, 15) is 4.79 Å². The van der Waals surface area contributed by atoms with E-state index < -0.39 is 0 Å². The van der Waals surface area contributed by atoms with Crippen LogP contribution in [0.1, 0.15) is 15.9 Å². The minimum absolute atomic E-state index is 0.103. The number of hydrogen-bond acceptors (Lipinski definition) is 2. The van der Waals surface area contributed by atoms with E-state index in [-0.39, 0.29) is 5.78 Å². The smallest absolute Gasteiger partial charge is 0.194 e. The van der Waals surface area contributed by atoms with Crippen LogP contribution in [0.2, 0.25) is 0 Å². The lowest BCUT2D eigenvalue weighted by Crippen LogP contribution is -1.95. The van der Waals surface area contributed by atoms with Crippen LogP contribution in [0.4, 0.5) is 0 Å². The van der Waals surface area contributed by atoms with Gasteiger partial charge in [0.05, 0.1) is 0 Å². The minimum atomic E-state index is 0.103. The summed E-state index contributed by atoms with van der Waals surface area (Å²) in [5.74, 6) is 0.103. The second-order valence-corrected chi connectivity index (χ2v) is 6.91.